The third-order valence-electron chi connectivity index (χ3n) is 2.46. The predicted octanol–water partition coefficient (Wildman–Crippen LogP) is 2.03. The molecule has 0 spiro atoms. The number of nitrogens with zero attached hydrogens (tertiary/aromatic N) is 4. The van der Waals surface area contributed by atoms with Crippen molar-refractivity contribution in [1.29, 1.82) is 0 Å². The van der Waals surface area contributed by atoms with Crippen molar-refractivity contribution in [3.05, 3.63) is 0 Å². The summed E-state index contributed by atoms with van der Waals surface area (Å²) < 4.78 is 0. The summed E-state index contributed by atoms with van der Waals surface area (Å²) in [6, 6.07) is 0. The summed E-state index contributed by atoms with van der Waals surface area (Å²) >= 11 is 0. The molecule has 1 aliphatic rings. The quantitative estimate of drug-likeness (QED) is 0.672. The van der Waals surface area contributed by atoms with E-state index >= 15 is 0 Å². The Bertz CT molecular complexity index is 272. The highest BCUT2D eigenvalue weighted by Crippen LogP contribution is 2.32. The number of hydrogen-bond acceptors (Lipinski definition) is 4. The van der Waals surface area contributed by atoms with E-state index in [2.05, 4.69) is 24.1 Å². The number of hydrogen-bond donors (Lipinski definition) is 0. The average molecular weight is 224 g/mol. The van der Waals surface area contributed by atoms with Crippen molar-refractivity contribution in [1.82, 2.24) is 10.0 Å². The van der Waals surface area contributed by atoms with Gasteiger partial charge >= 0.3 is 0 Å². The molecule has 0 saturated heterocycles. The van der Waals surface area contributed by atoms with Gasteiger partial charge in [-0.05, 0) is 18.3 Å². The van der Waals surface area contributed by atoms with E-state index in [0.29, 0.717) is 0 Å². The van der Waals surface area contributed by atoms with Crippen LogP contribution < -0.4 is 0 Å². The molecule has 0 aromatic rings. The first-order valence-electron chi connectivity index (χ1n) is 5.76. The second-order valence-electron chi connectivity index (χ2n) is 5.72. The molecule has 0 bridgehead atoms. The molecule has 4 nitrogen and oxygen atoms in total. The molecule has 1 fully saturated rings. The summed E-state index contributed by atoms with van der Waals surface area (Å²) in [5, 5.41) is 12.8. The summed E-state index contributed by atoms with van der Waals surface area (Å²) in [7, 11) is 7.88. The van der Waals surface area contributed by atoms with Crippen LogP contribution in [-0.2, 0) is 0 Å². The van der Waals surface area contributed by atoms with E-state index in [1.54, 1.807) is 0 Å². The Morgan fingerprint density at radius 1 is 0.875 bits per heavy atom. The van der Waals surface area contributed by atoms with Crippen LogP contribution in [0.5, 0.6) is 0 Å². The van der Waals surface area contributed by atoms with Gasteiger partial charge in [0.1, 0.15) is 0 Å². The molecule has 0 atom stereocenters. The first-order chi connectivity index (χ1) is 7.28. The normalized spacial score (nSPS) is 24.9. The van der Waals surface area contributed by atoms with Crippen LogP contribution in [0.15, 0.2) is 10.2 Å². The van der Waals surface area contributed by atoms with Crippen molar-refractivity contribution in [2.24, 2.45) is 15.6 Å². The number of rotatable bonds is 2. The molecule has 0 amide bonds. The Labute approximate surface area is 99.0 Å². The van der Waals surface area contributed by atoms with E-state index in [4.69, 9.17) is 0 Å². The largest absolute Gasteiger partial charge is 0.303 e. The Hall–Kier alpha value is -1.06. The molecule has 1 saturated carbocycles. The van der Waals surface area contributed by atoms with Gasteiger partial charge in [0.05, 0.1) is 0 Å². The van der Waals surface area contributed by atoms with Gasteiger partial charge in [-0.2, -0.15) is 10.2 Å². The highest BCUT2D eigenvalue weighted by Gasteiger charge is 2.29. The van der Waals surface area contributed by atoms with Gasteiger partial charge in [0.25, 0.3) is 0 Å². The minimum absolute atomic E-state index is 0.280. The van der Waals surface area contributed by atoms with E-state index in [0.717, 1.165) is 19.3 Å². The molecule has 0 aromatic carbocycles. The Balaban J connectivity index is 2.86. The third kappa shape index (κ3) is 4.21. The Morgan fingerprint density at radius 3 is 1.56 bits per heavy atom. The summed E-state index contributed by atoms with van der Waals surface area (Å²) in [5.41, 5.74) is 2.76. The summed E-state index contributed by atoms with van der Waals surface area (Å²) in [6.07, 6.45) is 3.05. The highest BCUT2D eigenvalue weighted by atomic mass is 15.4. The molecular weight excluding hydrogens is 200 g/mol. The molecule has 0 aliphatic heterocycles. The molecule has 0 aromatic heterocycles. The monoisotopic (exact) mass is 224 g/mol. The van der Waals surface area contributed by atoms with Crippen molar-refractivity contribution in [3.8, 4) is 0 Å². The van der Waals surface area contributed by atoms with Crippen molar-refractivity contribution >= 4 is 11.4 Å². The lowest BCUT2D eigenvalue weighted by Crippen LogP contribution is -2.31. The van der Waals surface area contributed by atoms with E-state index in [1.165, 1.54) is 11.4 Å². The highest BCUT2D eigenvalue weighted by molar-refractivity contribution is 6.07. The summed E-state index contributed by atoms with van der Waals surface area (Å²) in [4.78, 5) is 0. The standard InChI is InChI=1S/C12H24N4/c1-12(2)8-10(13-15(3)4)7-11(9-12)14-16(5)6/h7-9H2,1-6H3. The van der Waals surface area contributed by atoms with Gasteiger partial charge in [-0.15, -0.1) is 0 Å². The average Bonchev–Trinajstić information content (AvgIpc) is 1.95. The zero-order chi connectivity index (χ0) is 12.3. The van der Waals surface area contributed by atoms with Gasteiger partial charge in [-0.25, -0.2) is 0 Å². The molecule has 0 N–H and O–H groups in total. The van der Waals surface area contributed by atoms with E-state index in [1.807, 2.05) is 38.2 Å². The van der Waals surface area contributed by atoms with Crippen LogP contribution in [0, 0.1) is 5.41 Å². The maximum Gasteiger partial charge on any atom is 0.0442 e. The zero-order valence-electron chi connectivity index (χ0n) is 11.4. The lowest BCUT2D eigenvalue weighted by Gasteiger charge is -2.32. The minimum atomic E-state index is 0.280. The molecule has 1 rings (SSSR count). The van der Waals surface area contributed by atoms with Crippen LogP contribution >= 0.6 is 0 Å². The fourth-order valence-electron chi connectivity index (χ4n) is 2.23. The van der Waals surface area contributed by atoms with Crippen molar-refractivity contribution in [3.63, 3.8) is 0 Å². The van der Waals surface area contributed by atoms with Gasteiger partial charge in [0.15, 0.2) is 0 Å². The van der Waals surface area contributed by atoms with Crippen LogP contribution in [0.25, 0.3) is 0 Å². The molecule has 0 unspecified atom stereocenters. The van der Waals surface area contributed by atoms with Crippen LogP contribution in [0.1, 0.15) is 33.1 Å². The first-order valence-corrected chi connectivity index (χ1v) is 5.76. The van der Waals surface area contributed by atoms with Gasteiger partial charge < -0.3 is 10.0 Å². The molecule has 0 heterocycles. The first kappa shape index (κ1) is 13.0. The van der Waals surface area contributed by atoms with Crippen LogP contribution in [0.2, 0.25) is 0 Å². The molecule has 92 valence electrons. The molecule has 1 aliphatic carbocycles. The zero-order valence-corrected chi connectivity index (χ0v) is 11.4. The fraction of sp³-hybridized carbons (Fsp3) is 0.833. The lowest BCUT2D eigenvalue weighted by atomic mass is 9.75. The van der Waals surface area contributed by atoms with Crippen LogP contribution in [-0.4, -0.2) is 49.6 Å². The topological polar surface area (TPSA) is 31.2 Å². The maximum absolute atomic E-state index is 4.54. The van der Waals surface area contributed by atoms with E-state index in [-0.39, 0.29) is 5.41 Å². The second kappa shape index (κ2) is 4.85. The molecular formula is C12H24N4. The van der Waals surface area contributed by atoms with Crippen molar-refractivity contribution in [2.45, 2.75) is 33.1 Å². The number of hydrazone groups is 2. The second-order valence-corrected chi connectivity index (χ2v) is 5.72. The van der Waals surface area contributed by atoms with E-state index in [9.17, 15) is 0 Å². The van der Waals surface area contributed by atoms with Gasteiger partial charge in [-0.3, -0.25) is 0 Å². The van der Waals surface area contributed by atoms with Crippen LogP contribution in [0.4, 0.5) is 0 Å². The minimum Gasteiger partial charge on any atom is -0.303 e. The Morgan fingerprint density at radius 2 is 1.25 bits per heavy atom. The predicted molar refractivity (Wildman–Crippen MR) is 69.9 cm³/mol. The lowest BCUT2D eigenvalue weighted by molar-refractivity contribution is 0.367. The molecule has 16 heavy (non-hydrogen) atoms. The van der Waals surface area contributed by atoms with Crippen molar-refractivity contribution < 1.29 is 0 Å². The fourth-order valence-corrected chi connectivity index (χ4v) is 2.23. The SMILES string of the molecule is CN(C)N=C1CC(=NN(C)C)CC(C)(C)C1. The van der Waals surface area contributed by atoms with Crippen LogP contribution in [0.3, 0.4) is 0 Å². The Kier molecular flexibility index (Phi) is 3.94. The summed E-state index contributed by atoms with van der Waals surface area (Å²) in [6.45, 7) is 4.56. The molecule has 4 heteroatoms. The smallest absolute Gasteiger partial charge is 0.0442 e. The summed E-state index contributed by atoms with van der Waals surface area (Å²) in [5.74, 6) is 0. The molecule has 0 radical (unpaired) electrons. The maximum atomic E-state index is 4.54. The third-order valence-corrected chi connectivity index (χ3v) is 2.46. The van der Waals surface area contributed by atoms with Gasteiger partial charge in [0.2, 0.25) is 0 Å². The van der Waals surface area contributed by atoms with Gasteiger partial charge in [-0.1, -0.05) is 13.8 Å². The van der Waals surface area contributed by atoms with Crippen molar-refractivity contribution in [2.75, 3.05) is 28.2 Å². The van der Waals surface area contributed by atoms with E-state index < -0.39 is 0 Å². The van der Waals surface area contributed by atoms with Gasteiger partial charge in [0, 0.05) is 46.0 Å².